The SMILES string of the molecule is COc1ccccc1N1C(=O)[C@@H]2[C@@H](C1=O)[C@H]1CC(=O)[C@@H]2c2ccccc21. The number of rotatable bonds is 2. The van der Waals surface area contributed by atoms with Gasteiger partial charge in [-0.1, -0.05) is 36.4 Å². The van der Waals surface area contributed by atoms with Gasteiger partial charge in [0.2, 0.25) is 11.8 Å². The van der Waals surface area contributed by atoms with Crippen molar-refractivity contribution in [1.82, 2.24) is 0 Å². The van der Waals surface area contributed by atoms with Crippen molar-refractivity contribution in [2.45, 2.75) is 18.3 Å². The van der Waals surface area contributed by atoms with E-state index in [1.807, 2.05) is 24.3 Å². The molecule has 1 saturated heterocycles. The van der Waals surface area contributed by atoms with Gasteiger partial charge in [-0.2, -0.15) is 0 Å². The van der Waals surface area contributed by atoms with E-state index < -0.39 is 17.8 Å². The molecule has 26 heavy (non-hydrogen) atoms. The molecule has 0 aromatic heterocycles. The third kappa shape index (κ3) is 1.77. The van der Waals surface area contributed by atoms with Gasteiger partial charge in [0.25, 0.3) is 0 Å². The number of amides is 2. The van der Waals surface area contributed by atoms with Gasteiger partial charge < -0.3 is 4.74 Å². The van der Waals surface area contributed by atoms with Crippen LogP contribution in [-0.2, 0) is 14.4 Å². The molecular weight excluding hydrogens is 330 g/mol. The first-order valence-electron chi connectivity index (χ1n) is 8.76. The Morgan fingerprint density at radius 1 is 0.885 bits per heavy atom. The molecule has 2 fully saturated rings. The molecule has 3 aliphatic carbocycles. The summed E-state index contributed by atoms with van der Waals surface area (Å²) in [5.41, 5.74) is 2.41. The fraction of sp³-hybridized carbons (Fsp3) is 0.286. The van der Waals surface area contributed by atoms with Crippen molar-refractivity contribution in [2.75, 3.05) is 12.0 Å². The van der Waals surface area contributed by atoms with Crippen molar-refractivity contribution in [3.8, 4) is 5.75 Å². The molecule has 5 heteroatoms. The normalized spacial score (nSPS) is 29.0. The largest absolute Gasteiger partial charge is 0.495 e. The molecule has 2 aromatic carbocycles. The Morgan fingerprint density at radius 3 is 2.31 bits per heavy atom. The lowest BCUT2D eigenvalue weighted by molar-refractivity contribution is -0.134. The molecule has 2 amide bonds. The Kier molecular flexibility index (Phi) is 3.11. The summed E-state index contributed by atoms with van der Waals surface area (Å²) in [6, 6.07) is 14.7. The Balaban J connectivity index is 1.67. The average molecular weight is 347 g/mol. The zero-order chi connectivity index (χ0) is 18.0. The van der Waals surface area contributed by atoms with E-state index in [1.54, 1.807) is 24.3 Å². The highest BCUT2D eigenvalue weighted by molar-refractivity contribution is 6.25. The number of benzene rings is 2. The highest BCUT2D eigenvalue weighted by Gasteiger charge is 2.62. The molecule has 1 aliphatic heterocycles. The fourth-order valence-electron chi connectivity index (χ4n) is 5.01. The summed E-state index contributed by atoms with van der Waals surface area (Å²) in [4.78, 5) is 40.4. The number of hydrogen-bond acceptors (Lipinski definition) is 4. The van der Waals surface area contributed by atoms with E-state index in [-0.39, 0.29) is 23.5 Å². The van der Waals surface area contributed by atoms with Gasteiger partial charge in [0.1, 0.15) is 11.5 Å². The zero-order valence-electron chi connectivity index (χ0n) is 14.2. The number of Topliss-reactive ketones (excluding diaryl/α,β-unsaturated/α-hetero) is 1. The van der Waals surface area contributed by atoms with Crippen LogP contribution in [0.4, 0.5) is 5.69 Å². The lowest BCUT2D eigenvalue weighted by Gasteiger charge is -2.43. The number of anilines is 1. The van der Waals surface area contributed by atoms with Gasteiger partial charge in [0, 0.05) is 12.3 Å². The maximum absolute atomic E-state index is 13.3. The van der Waals surface area contributed by atoms with Crippen LogP contribution in [0, 0.1) is 11.8 Å². The monoisotopic (exact) mass is 347 g/mol. The van der Waals surface area contributed by atoms with Crippen molar-refractivity contribution in [3.05, 3.63) is 59.7 Å². The van der Waals surface area contributed by atoms with E-state index in [4.69, 9.17) is 4.74 Å². The van der Waals surface area contributed by atoms with E-state index in [9.17, 15) is 14.4 Å². The Morgan fingerprint density at radius 2 is 1.54 bits per heavy atom. The molecule has 2 bridgehead atoms. The molecule has 0 N–H and O–H groups in total. The van der Waals surface area contributed by atoms with Crippen LogP contribution in [0.5, 0.6) is 5.75 Å². The van der Waals surface area contributed by atoms with Gasteiger partial charge in [0.05, 0.1) is 30.6 Å². The van der Waals surface area contributed by atoms with E-state index in [2.05, 4.69) is 0 Å². The van der Waals surface area contributed by atoms with Gasteiger partial charge in [-0.15, -0.1) is 0 Å². The molecule has 0 radical (unpaired) electrons. The van der Waals surface area contributed by atoms with E-state index in [0.29, 0.717) is 17.9 Å². The number of ether oxygens (including phenoxy) is 1. The molecule has 4 aliphatic rings. The van der Waals surface area contributed by atoms with Crippen molar-refractivity contribution >= 4 is 23.3 Å². The highest BCUT2D eigenvalue weighted by atomic mass is 16.5. The molecule has 5 nitrogen and oxygen atoms in total. The van der Waals surface area contributed by atoms with Crippen LogP contribution in [0.2, 0.25) is 0 Å². The average Bonchev–Trinajstić information content (AvgIpc) is 2.93. The van der Waals surface area contributed by atoms with Crippen LogP contribution >= 0.6 is 0 Å². The van der Waals surface area contributed by atoms with Gasteiger partial charge in [0.15, 0.2) is 0 Å². The summed E-state index contributed by atoms with van der Waals surface area (Å²) in [7, 11) is 1.51. The smallest absolute Gasteiger partial charge is 0.238 e. The van der Waals surface area contributed by atoms with E-state index in [1.165, 1.54) is 12.0 Å². The third-order valence-electron chi connectivity index (χ3n) is 6.02. The Bertz CT molecular complexity index is 966. The number of hydrogen-bond donors (Lipinski definition) is 0. The minimum atomic E-state index is -0.603. The standard InChI is InChI=1S/C21H17NO4/c1-26-16-9-5-4-8-14(16)22-20(24)18-13-10-15(23)17(19(18)21(22)25)12-7-3-2-6-11(12)13/h2-9,13,17-19H,10H2,1H3/t13-,17-,18-,19-/m0/s1. The first-order chi connectivity index (χ1) is 12.6. The zero-order valence-corrected chi connectivity index (χ0v) is 14.2. The first kappa shape index (κ1) is 15.3. The number of carbonyl (C=O) groups excluding carboxylic acids is 3. The molecule has 1 saturated carbocycles. The van der Waals surface area contributed by atoms with Crippen molar-refractivity contribution in [2.24, 2.45) is 11.8 Å². The van der Waals surface area contributed by atoms with Crippen molar-refractivity contribution < 1.29 is 19.1 Å². The minimum absolute atomic E-state index is 0.0676. The van der Waals surface area contributed by atoms with Gasteiger partial charge in [-0.25, -0.2) is 4.90 Å². The summed E-state index contributed by atoms with van der Waals surface area (Å²) in [6.45, 7) is 0. The predicted molar refractivity (Wildman–Crippen MR) is 94.0 cm³/mol. The van der Waals surface area contributed by atoms with Crippen LogP contribution in [-0.4, -0.2) is 24.7 Å². The molecular formula is C21H17NO4. The summed E-state index contributed by atoms with van der Waals surface area (Å²) >= 11 is 0. The predicted octanol–water partition coefficient (Wildman–Crippen LogP) is 2.65. The number of methoxy groups -OCH3 is 1. The molecule has 0 unspecified atom stereocenters. The number of fused-ring (bicyclic) bond motifs is 1. The topological polar surface area (TPSA) is 63.7 Å². The lowest BCUT2D eigenvalue weighted by Crippen LogP contribution is -2.44. The summed E-state index contributed by atoms with van der Waals surface area (Å²) in [5, 5.41) is 0. The van der Waals surface area contributed by atoms with Crippen LogP contribution in [0.1, 0.15) is 29.4 Å². The number of para-hydroxylation sites is 2. The quantitative estimate of drug-likeness (QED) is 0.784. The molecule has 4 atom stereocenters. The number of nitrogens with zero attached hydrogens (tertiary/aromatic N) is 1. The third-order valence-corrected chi connectivity index (χ3v) is 6.02. The second-order valence-corrected chi connectivity index (χ2v) is 7.12. The van der Waals surface area contributed by atoms with E-state index >= 15 is 0 Å². The van der Waals surface area contributed by atoms with Crippen LogP contribution < -0.4 is 9.64 Å². The van der Waals surface area contributed by atoms with E-state index in [0.717, 1.165) is 11.1 Å². The molecule has 0 spiro atoms. The second kappa shape index (κ2) is 5.27. The second-order valence-electron chi connectivity index (χ2n) is 7.12. The first-order valence-corrected chi connectivity index (χ1v) is 8.76. The highest BCUT2D eigenvalue weighted by Crippen LogP contribution is 2.58. The summed E-state index contributed by atoms with van der Waals surface area (Å²) < 4.78 is 5.35. The summed E-state index contributed by atoms with van der Waals surface area (Å²) in [6.07, 6.45) is 0.335. The van der Waals surface area contributed by atoms with Crippen LogP contribution in [0.3, 0.4) is 0 Å². The maximum Gasteiger partial charge on any atom is 0.238 e. The number of carbonyl (C=O) groups is 3. The molecule has 130 valence electrons. The Hall–Kier alpha value is -2.95. The van der Waals surface area contributed by atoms with Gasteiger partial charge in [-0.05, 0) is 23.3 Å². The molecule has 1 heterocycles. The van der Waals surface area contributed by atoms with Gasteiger partial charge >= 0.3 is 0 Å². The molecule has 2 aromatic rings. The van der Waals surface area contributed by atoms with Crippen molar-refractivity contribution in [1.29, 1.82) is 0 Å². The number of imide groups is 1. The van der Waals surface area contributed by atoms with Gasteiger partial charge in [-0.3, -0.25) is 14.4 Å². The van der Waals surface area contributed by atoms with Crippen LogP contribution in [0.15, 0.2) is 48.5 Å². The Labute approximate surface area is 150 Å². The summed E-state index contributed by atoms with van der Waals surface area (Å²) in [5.74, 6) is -1.77. The number of ketones is 1. The maximum atomic E-state index is 13.3. The van der Waals surface area contributed by atoms with Crippen molar-refractivity contribution in [3.63, 3.8) is 0 Å². The van der Waals surface area contributed by atoms with Crippen LogP contribution in [0.25, 0.3) is 0 Å². The lowest BCUT2D eigenvalue weighted by atomic mass is 9.56. The molecule has 6 rings (SSSR count). The fourth-order valence-corrected chi connectivity index (χ4v) is 5.01. The minimum Gasteiger partial charge on any atom is -0.495 e.